The molecule has 0 fully saturated rings. The van der Waals surface area contributed by atoms with Gasteiger partial charge in [-0.15, -0.1) is 0 Å². The van der Waals surface area contributed by atoms with E-state index in [4.69, 9.17) is 0 Å². The summed E-state index contributed by atoms with van der Waals surface area (Å²) in [4.78, 5) is 11.0. The van der Waals surface area contributed by atoms with E-state index in [1.165, 1.54) is 0 Å². The van der Waals surface area contributed by atoms with Crippen molar-refractivity contribution in [1.82, 2.24) is 0 Å². The average Bonchev–Trinajstić information content (AvgIpc) is 2.57. The van der Waals surface area contributed by atoms with Gasteiger partial charge in [0, 0.05) is 5.69 Å². The van der Waals surface area contributed by atoms with Gasteiger partial charge in [-0.05, 0) is 49.4 Å². The maximum Gasteiger partial charge on any atom is 0.426 e. The fourth-order valence-electron chi connectivity index (χ4n) is 1.87. The Labute approximate surface area is 156 Å². The van der Waals surface area contributed by atoms with E-state index in [1.807, 2.05) is 0 Å². The van der Waals surface area contributed by atoms with E-state index in [-0.39, 0.29) is 12.6 Å². The molecule has 0 spiro atoms. The fourth-order valence-corrected chi connectivity index (χ4v) is 2.94. The smallest absolute Gasteiger partial charge is 0.373 e. The van der Waals surface area contributed by atoms with E-state index in [0.29, 0.717) is 6.07 Å². The SMILES string of the molecule is C[C@@](O)(C(=O)Nc1ccc(S(=O)(=O)Nc2ccc(F)cc2)cc1F)C(F)(F)F. The molecule has 12 heteroatoms. The van der Waals surface area contributed by atoms with E-state index in [9.17, 15) is 40.3 Å². The highest BCUT2D eigenvalue weighted by Crippen LogP contribution is 2.31. The molecule has 28 heavy (non-hydrogen) atoms. The molecule has 0 saturated heterocycles. The molecule has 0 unspecified atom stereocenters. The number of hydrogen-bond donors (Lipinski definition) is 3. The Balaban J connectivity index is 2.24. The summed E-state index contributed by atoms with van der Waals surface area (Å²) in [5.41, 5.74) is -4.57. The highest BCUT2D eigenvalue weighted by molar-refractivity contribution is 7.92. The first-order valence-corrected chi connectivity index (χ1v) is 8.91. The monoisotopic (exact) mass is 424 g/mol. The first-order valence-electron chi connectivity index (χ1n) is 7.42. The van der Waals surface area contributed by atoms with Gasteiger partial charge in [0.2, 0.25) is 5.60 Å². The quantitative estimate of drug-likeness (QED) is 0.643. The Morgan fingerprint density at radius 2 is 1.61 bits per heavy atom. The Morgan fingerprint density at radius 1 is 1.04 bits per heavy atom. The van der Waals surface area contributed by atoms with Crippen LogP contribution in [0.4, 0.5) is 33.3 Å². The number of benzene rings is 2. The second-order valence-electron chi connectivity index (χ2n) is 5.78. The first-order chi connectivity index (χ1) is 12.7. The summed E-state index contributed by atoms with van der Waals surface area (Å²) in [5.74, 6) is -3.91. The normalized spacial score (nSPS) is 14.2. The van der Waals surface area contributed by atoms with E-state index in [0.717, 1.165) is 36.4 Å². The molecule has 6 nitrogen and oxygen atoms in total. The van der Waals surface area contributed by atoms with Crippen molar-refractivity contribution in [2.75, 3.05) is 10.0 Å². The van der Waals surface area contributed by atoms with Gasteiger partial charge >= 0.3 is 6.18 Å². The number of hydrogen-bond acceptors (Lipinski definition) is 4. The molecule has 0 aliphatic rings. The van der Waals surface area contributed by atoms with Crippen LogP contribution >= 0.6 is 0 Å². The van der Waals surface area contributed by atoms with E-state index < -0.39 is 49.9 Å². The molecule has 0 aliphatic carbocycles. The number of halogens is 5. The molecule has 1 amide bonds. The van der Waals surface area contributed by atoms with Crippen LogP contribution in [-0.2, 0) is 14.8 Å². The van der Waals surface area contributed by atoms with Crippen molar-refractivity contribution in [2.24, 2.45) is 0 Å². The van der Waals surface area contributed by atoms with Crippen LogP contribution in [0, 0.1) is 11.6 Å². The molecule has 0 saturated carbocycles. The van der Waals surface area contributed by atoms with Crippen molar-refractivity contribution in [3.63, 3.8) is 0 Å². The third-order valence-electron chi connectivity index (χ3n) is 3.59. The lowest BCUT2D eigenvalue weighted by Crippen LogP contribution is -2.52. The van der Waals surface area contributed by atoms with Crippen LogP contribution in [-0.4, -0.2) is 31.2 Å². The largest absolute Gasteiger partial charge is 0.426 e. The Kier molecular flexibility index (Phi) is 5.67. The van der Waals surface area contributed by atoms with Crippen molar-refractivity contribution < 1.29 is 40.3 Å². The summed E-state index contributed by atoms with van der Waals surface area (Å²) < 4.78 is 91.3. The van der Waals surface area contributed by atoms with Gasteiger partial charge in [-0.2, -0.15) is 13.2 Å². The Bertz CT molecular complexity index is 989. The van der Waals surface area contributed by atoms with Gasteiger partial charge in [0.25, 0.3) is 15.9 Å². The van der Waals surface area contributed by atoms with Crippen molar-refractivity contribution in [2.45, 2.75) is 23.6 Å². The van der Waals surface area contributed by atoms with Crippen LogP contribution in [0.2, 0.25) is 0 Å². The molecule has 2 rings (SSSR count). The van der Waals surface area contributed by atoms with E-state index >= 15 is 0 Å². The molecule has 0 radical (unpaired) electrons. The first kappa shape index (κ1) is 21.6. The number of carbonyl (C=O) groups is 1. The zero-order valence-corrected chi connectivity index (χ0v) is 14.8. The minimum atomic E-state index is -5.31. The molecule has 1 atom stereocenters. The van der Waals surface area contributed by atoms with Gasteiger partial charge in [0.1, 0.15) is 11.6 Å². The number of amides is 1. The zero-order valence-electron chi connectivity index (χ0n) is 14.0. The van der Waals surface area contributed by atoms with Crippen LogP contribution < -0.4 is 10.0 Å². The maximum absolute atomic E-state index is 14.1. The topological polar surface area (TPSA) is 95.5 Å². The van der Waals surface area contributed by atoms with Crippen LogP contribution in [0.25, 0.3) is 0 Å². The molecular formula is C16H13F5N2O4S. The lowest BCUT2D eigenvalue weighted by atomic mass is 10.1. The highest BCUT2D eigenvalue weighted by Gasteiger charge is 2.55. The predicted octanol–water partition coefficient (Wildman–Crippen LogP) is 3.02. The Morgan fingerprint density at radius 3 is 2.11 bits per heavy atom. The van der Waals surface area contributed by atoms with Gasteiger partial charge in [-0.25, -0.2) is 17.2 Å². The summed E-state index contributed by atoms with van der Waals surface area (Å²) in [5, 5.41) is 10.8. The molecular weight excluding hydrogens is 411 g/mol. The second kappa shape index (κ2) is 7.36. The fraction of sp³-hybridized carbons (Fsp3) is 0.188. The minimum absolute atomic E-state index is 0.0135. The molecule has 3 N–H and O–H groups in total. The molecule has 0 bridgehead atoms. The number of aliphatic hydroxyl groups is 1. The molecule has 0 heterocycles. The third-order valence-corrected chi connectivity index (χ3v) is 4.97. The maximum atomic E-state index is 14.1. The van der Waals surface area contributed by atoms with Crippen molar-refractivity contribution in [3.05, 3.63) is 54.1 Å². The lowest BCUT2D eigenvalue weighted by Gasteiger charge is -2.25. The highest BCUT2D eigenvalue weighted by atomic mass is 32.2. The predicted molar refractivity (Wildman–Crippen MR) is 88.9 cm³/mol. The van der Waals surface area contributed by atoms with Crippen molar-refractivity contribution in [1.29, 1.82) is 0 Å². The van der Waals surface area contributed by atoms with E-state index in [2.05, 4.69) is 4.72 Å². The number of carbonyl (C=O) groups excluding carboxylic acids is 1. The van der Waals surface area contributed by atoms with Crippen LogP contribution in [0.3, 0.4) is 0 Å². The number of nitrogens with one attached hydrogen (secondary N) is 2. The van der Waals surface area contributed by atoms with Gasteiger partial charge in [-0.1, -0.05) is 0 Å². The van der Waals surface area contributed by atoms with Gasteiger partial charge in [-0.3, -0.25) is 9.52 Å². The summed E-state index contributed by atoms with van der Waals surface area (Å²) in [6, 6.07) is 6.23. The summed E-state index contributed by atoms with van der Waals surface area (Å²) in [6.45, 7) is 0.186. The summed E-state index contributed by atoms with van der Waals surface area (Å²) >= 11 is 0. The van der Waals surface area contributed by atoms with E-state index in [1.54, 1.807) is 5.32 Å². The van der Waals surface area contributed by atoms with Gasteiger partial charge < -0.3 is 10.4 Å². The molecule has 2 aromatic rings. The van der Waals surface area contributed by atoms with Crippen LogP contribution in [0.1, 0.15) is 6.92 Å². The molecule has 0 aromatic heterocycles. The lowest BCUT2D eigenvalue weighted by molar-refractivity contribution is -0.242. The zero-order chi connectivity index (χ0) is 21.3. The minimum Gasteiger partial charge on any atom is -0.373 e. The third kappa shape index (κ3) is 4.57. The average molecular weight is 424 g/mol. The molecule has 0 aliphatic heterocycles. The number of alkyl halides is 3. The molecule has 2 aromatic carbocycles. The van der Waals surface area contributed by atoms with Gasteiger partial charge in [0.05, 0.1) is 10.6 Å². The van der Waals surface area contributed by atoms with Crippen molar-refractivity contribution in [3.8, 4) is 0 Å². The molecule has 152 valence electrons. The Hall–Kier alpha value is -2.73. The second-order valence-corrected chi connectivity index (χ2v) is 7.46. The number of anilines is 2. The van der Waals surface area contributed by atoms with Crippen LogP contribution in [0.5, 0.6) is 0 Å². The standard InChI is InChI=1S/C16H13F5N2O4S/c1-15(25,16(19,20)21)14(24)22-13-7-6-11(8-12(13)18)28(26,27)23-10-4-2-9(17)3-5-10/h2-8,23,25H,1H3,(H,22,24)/t15-/m1/s1. The number of rotatable bonds is 5. The van der Waals surface area contributed by atoms with Crippen LogP contribution in [0.15, 0.2) is 47.4 Å². The summed E-state index contributed by atoms with van der Waals surface area (Å²) in [7, 11) is -4.30. The summed E-state index contributed by atoms with van der Waals surface area (Å²) in [6.07, 6.45) is -5.31. The van der Waals surface area contributed by atoms with Crippen molar-refractivity contribution >= 4 is 27.3 Å². The van der Waals surface area contributed by atoms with Gasteiger partial charge in [0.15, 0.2) is 0 Å². The number of sulfonamides is 1.